The zero-order valence-electron chi connectivity index (χ0n) is 12.4. The van der Waals surface area contributed by atoms with Gasteiger partial charge in [0.1, 0.15) is 16.8 Å². The van der Waals surface area contributed by atoms with Crippen LogP contribution in [-0.4, -0.2) is 20.5 Å². The summed E-state index contributed by atoms with van der Waals surface area (Å²) in [6.45, 7) is 2.38. The maximum absolute atomic E-state index is 10.7. The number of phenolic OH excluding ortho intramolecular Hbond substituents is 1. The van der Waals surface area contributed by atoms with Gasteiger partial charge in [0, 0.05) is 17.7 Å². The summed E-state index contributed by atoms with van der Waals surface area (Å²) in [6.07, 6.45) is 4.64. The number of aromatic amines is 1. The van der Waals surface area contributed by atoms with E-state index < -0.39 is 0 Å². The van der Waals surface area contributed by atoms with Gasteiger partial charge in [0.2, 0.25) is 0 Å². The standard InChI is InChI=1S/C17H18N4O/c1-2-3-5-12-8-11(10-18)9-14(17(12)22)13-6-4-7-15-16(13)20-21-19-15/h2-4,6-9,22H,5,10,18H2,1H3,(H,19,20,21). The highest BCUT2D eigenvalue weighted by atomic mass is 16.3. The molecule has 0 radical (unpaired) electrons. The van der Waals surface area contributed by atoms with E-state index in [0.29, 0.717) is 13.0 Å². The Labute approximate surface area is 128 Å². The van der Waals surface area contributed by atoms with E-state index in [4.69, 9.17) is 5.73 Å². The summed E-state index contributed by atoms with van der Waals surface area (Å²) >= 11 is 0. The van der Waals surface area contributed by atoms with Crippen molar-refractivity contribution in [3.05, 3.63) is 53.6 Å². The summed E-state index contributed by atoms with van der Waals surface area (Å²) in [6, 6.07) is 9.58. The summed E-state index contributed by atoms with van der Waals surface area (Å²) in [7, 11) is 0. The first-order valence-corrected chi connectivity index (χ1v) is 7.20. The fourth-order valence-electron chi connectivity index (χ4n) is 2.57. The molecule has 0 saturated heterocycles. The Morgan fingerprint density at radius 2 is 2.09 bits per heavy atom. The molecule has 22 heavy (non-hydrogen) atoms. The molecule has 0 fully saturated rings. The van der Waals surface area contributed by atoms with E-state index in [0.717, 1.165) is 33.3 Å². The van der Waals surface area contributed by atoms with Gasteiger partial charge in [-0.15, -0.1) is 0 Å². The van der Waals surface area contributed by atoms with Crippen LogP contribution in [0.15, 0.2) is 42.5 Å². The van der Waals surface area contributed by atoms with Gasteiger partial charge >= 0.3 is 0 Å². The van der Waals surface area contributed by atoms with Crippen molar-refractivity contribution in [2.75, 3.05) is 0 Å². The number of hydrogen-bond acceptors (Lipinski definition) is 4. The van der Waals surface area contributed by atoms with E-state index in [1.165, 1.54) is 0 Å². The first kappa shape index (κ1) is 14.3. The van der Waals surface area contributed by atoms with E-state index in [1.54, 1.807) is 0 Å². The van der Waals surface area contributed by atoms with E-state index >= 15 is 0 Å². The fourth-order valence-corrected chi connectivity index (χ4v) is 2.57. The van der Waals surface area contributed by atoms with Gasteiger partial charge in [0.15, 0.2) is 0 Å². The molecule has 0 aliphatic carbocycles. The highest BCUT2D eigenvalue weighted by Gasteiger charge is 2.14. The number of H-pyrrole nitrogens is 1. The number of para-hydroxylation sites is 1. The molecule has 0 bridgehead atoms. The molecule has 4 N–H and O–H groups in total. The molecule has 5 nitrogen and oxygen atoms in total. The molecule has 0 amide bonds. The van der Waals surface area contributed by atoms with Crippen molar-refractivity contribution in [1.29, 1.82) is 0 Å². The molecule has 0 aliphatic rings. The van der Waals surface area contributed by atoms with Gasteiger partial charge in [-0.1, -0.05) is 30.4 Å². The number of allylic oxidation sites excluding steroid dienone is 2. The van der Waals surface area contributed by atoms with Crippen LogP contribution in [0.3, 0.4) is 0 Å². The Morgan fingerprint density at radius 1 is 1.23 bits per heavy atom. The Balaban J connectivity index is 2.23. The average Bonchev–Trinajstić information content (AvgIpc) is 3.02. The van der Waals surface area contributed by atoms with Crippen molar-refractivity contribution in [2.24, 2.45) is 5.73 Å². The largest absolute Gasteiger partial charge is 0.507 e. The van der Waals surface area contributed by atoms with Crippen LogP contribution in [0.25, 0.3) is 22.2 Å². The first-order valence-electron chi connectivity index (χ1n) is 7.20. The predicted molar refractivity (Wildman–Crippen MR) is 87.4 cm³/mol. The molecule has 2 aromatic carbocycles. The summed E-state index contributed by atoms with van der Waals surface area (Å²) in [5, 5.41) is 21.6. The molecule has 0 unspecified atom stereocenters. The summed E-state index contributed by atoms with van der Waals surface area (Å²) < 4.78 is 0. The number of nitrogens with two attached hydrogens (primary N) is 1. The predicted octanol–water partition coefficient (Wildman–Crippen LogP) is 2.91. The Hall–Kier alpha value is -2.66. The van der Waals surface area contributed by atoms with E-state index in [-0.39, 0.29) is 5.75 Å². The van der Waals surface area contributed by atoms with Gasteiger partial charge in [-0.3, -0.25) is 0 Å². The Bertz CT molecular complexity index is 836. The van der Waals surface area contributed by atoms with Crippen LogP contribution < -0.4 is 5.73 Å². The minimum absolute atomic E-state index is 0.269. The molecule has 1 heterocycles. The van der Waals surface area contributed by atoms with Crippen LogP contribution in [0.2, 0.25) is 0 Å². The van der Waals surface area contributed by atoms with Crippen LogP contribution in [-0.2, 0) is 13.0 Å². The Kier molecular flexibility index (Phi) is 3.89. The number of rotatable bonds is 4. The van der Waals surface area contributed by atoms with Crippen molar-refractivity contribution in [3.63, 3.8) is 0 Å². The molecular weight excluding hydrogens is 276 g/mol. The minimum Gasteiger partial charge on any atom is -0.507 e. The number of fused-ring (bicyclic) bond motifs is 1. The second-order valence-electron chi connectivity index (χ2n) is 5.13. The first-order chi connectivity index (χ1) is 10.7. The lowest BCUT2D eigenvalue weighted by atomic mass is 9.96. The molecule has 0 spiro atoms. The SMILES string of the molecule is CC=CCc1cc(CN)cc(-c2cccc3n[nH]nc23)c1O. The van der Waals surface area contributed by atoms with Crippen LogP contribution in [0, 0.1) is 0 Å². The van der Waals surface area contributed by atoms with Gasteiger partial charge in [0.05, 0.1) is 0 Å². The summed E-state index contributed by atoms with van der Waals surface area (Å²) in [4.78, 5) is 0. The molecule has 5 heteroatoms. The number of aromatic hydroxyl groups is 1. The zero-order valence-corrected chi connectivity index (χ0v) is 12.4. The molecule has 0 aliphatic heterocycles. The van der Waals surface area contributed by atoms with Crippen LogP contribution >= 0.6 is 0 Å². The maximum Gasteiger partial charge on any atom is 0.127 e. The van der Waals surface area contributed by atoms with Crippen molar-refractivity contribution in [3.8, 4) is 16.9 Å². The fraction of sp³-hybridized carbons (Fsp3) is 0.176. The second kappa shape index (κ2) is 5.99. The lowest BCUT2D eigenvalue weighted by molar-refractivity contribution is 0.471. The van der Waals surface area contributed by atoms with Gasteiger partial charge in [0.25, 0.3) is 0 Å². The molecule has 3 aromatic rings. The number of nitrogens with one attached hydrogen (secondary N) is 1. The molecule has 3 rings (SSSR count). The highest BCUT2D eigenvalue weighted by molar-refractivity contribution is 5.93. The lowest BCUT2D eigenvalue weighted by Crippen LogP contribution is -1.99. The van der Waals surface area contributed by atoms with E-state index in [9.17, 15) is 5.11 Å². The van der Waals surface area contributed by atoms with Gasteiger partial charge in [-0.2, -0.15) is 15.4 Å². The normalized spacial score (nSPS) is 11.5. The number of aromatic nitrogens is 3. The third kappa shape index (κ3) is 2.46. The third-order valence-electron chi connectivity index (χ3n) is 3.69. The van der Waals surface area contributed by atoms with Crippen molar-refractivity contribution in [2.45, 2.75) is 19.9 Å². The van der Waals surface area contributed by atoms with Gasteiger partial charge < -0.3 is 10.8 Å². The molecule has 0 atom stereocenters. The lowest BCUT2D eigenvalue weighted by Gasteiger charge is -2.12. The monoisotopic (exact) mass is 294 g/mol. The number of hydrogen-bond donors (Lipinski definition) is 3. The summed E-state index contributed by atoms with van der Waals surface area (Å²) in [5.74, 6) is 0.269. The smallest absolute Gasteiger partial charge is 0.127 e. The highest BCUT2D eigenvalue weighted by Crippen LogP contribution is 2.36. The number of nitrogens with zero attached hydrogens (tertiary/aromatic N) is 2. The van der Waals surface area contributed by atoms with Gasteiger partial charge in [-0.05, 0) is 36.6 Å². The van der Waals surface area contributed by atoms with Gasteiger partial charge in [-0.25, -0.2) is 0 Å². The van der Waals surface area contributed by atoms with Crippen molar-refractivity contribution < 1.29 is 5.11 Å². The molecular formula is C17H18N4O. The van der Waals surface area contributed by atoms with Crippen molar-refractivity contribution >= 4 is 11.0 Å². The van der Waals surface area contributed by atoms with Crippen LogP contribution in [0.5, 0.6) is 5.75 Å². The summed E-state index contributed by atoms with van der Waals surface area (Å²) in [5.41, 5.74) is 10.7. The zero-order chi connectivity index (χ0) is 15.5. The van der Waals surface area contributed by atoms with Crippen molar-refractivity contribution in [1.82, 2.24) is 15.4 Å². The minimum atomic E-state index is 0.269. The van der Waals surface area contributed by atoms with E-state index in [1.807, 2.05) is 49.4 Å². The molecule has 0 saturated carbocycles. The third-order valence-corrected chi connectivity index (χ3v) is 3.69. The topological polar surface area (TPSA) is 87.8 Å². The second-order valence-corrected chi connectivity index (χ2v) is 5.13. The molecule has 112 valence electrons. The van der Waals surface area contributed by atoms with Crippen LogP contribution in [0.1, 0.15) is 18.1 Å². The quantitative estimate of drug-likeness (QED) is 0.646. The maximum atomic E-state index is 10.7. The van der Waals surface area contributed by atoms with E-state index in [2.05, 4.69) is 15.4 Å². The van der Waals surface area contributed by atoms with Crippen LogP contribution in [0.4, 0.5) is 0 Å². The molecule has 1 aromatic heterocycles. The average molecular weight is 294 g/mol. The number of phenols is 1. The number of benzene rings is 2. The Morgan fingerprint density at radius 3 is 2.86 bits per heavy atom.